The Hall–Kier alpha value is -2.04. The lowest BCUT2D eigenvalue weighted by atomic mass is 9.95. The van der Waals surface area contributed by atoms with Gasteiger partial charge in [0.05, 0.1) is 0 Å². The summed E-state index contributed by atoms with van der Waals surface area (Å²) in [7, 11) is 0. The van der Waals surface area contributed by atoms with Gasteiger partial charge in [-0.05, 0) is 18.9 Å². The summed E-state index contributed by atoms with van der Waals surface area (Å²) in [6.07, 6.45) is -0.831. The van der Waals surface area contributed by atoms with Crippen LogP contribution in [0.4, 0.5) is 4.79 Å². The van der Waals surface area contributed by atoms with Crippen molar-refractivity contribution in [1.29, 1.82) is 0 Å². The second-order valence-electron chi connectivity index (χ2n) is 4.64. The quantitative estimate of drug-likeness (QED) is 0.839. The average molecular weight is 249 g/mol. The molecule has 5 heteroatoms. The molecule has 1 saturated heterocycles. The van der Waals surface area contributed by atoms with Gasteiger partial charge in [-0.2, -0.15) is 0 Å². The van der Waals surface area contributed by atoms with Gasteiger partial charge in [0.15, 0.2) is 0 Å². The molecule has 1 aromatic rings. The average Bonchev–Trinajstić information content (AvgIpc) is 2.73. The summed E-state index contributed by atoms with van der Waals surface area (Å²) in [5, 5.41) is 18.1. The summed E-state index contributed by atoms with van der Waals surface area (Å²) < 4.78 is 0. The number of hydrogen-bond acceptors (Lipinski definition) is 2. The van der Waals surface area contributed by atoms with Crippen molar-refractivity contribution < 1.29 is 19.8 Å². The molecule has 0 spiro atoms. The van der Waals surface area contributed by atoms with Crippen LogP contribution in [0.15, 0.2) is 24.3 Å². The minimum atomic E-state index is -1.17. The van der Waals surface area contributed by atoms with Crippen molar-refractivity contribution in [3.05, 3.63) is 35.4 Å². The Morgan fingerprint density at radius 2 is 2.06 bits per heavy atom. The molecule has 1 fully saturated rings. The Morgan fingerprint density at radius 3 is 2.56 bits per heavy atom. The number of rotatable bonds is 2. The molecule has 1 aliphatic rings. The number of benzene rings is 1. The van der Waals surface area contributed by atoms with Gasteiger partial charge < -0.3 is 10.2 Å². The molecule has 1 aliphatic heterocycles. The zero-order valence-electron chi connectivity index (χ0n) is 10.0. The highest BCUT2D eigenvalue weighted by molar-refractivity contribution is 5.80. The highest BCUT2D eigenvalue weighted by Gasteiger charge is 2.40. The van der Waals surface area contributed by atoms with Crippen molar-refractivity contribution in [2.24, 2.45) is 0 Å². The molecule has 2 rings (SSSR count). The van der Waals surface area contributed by atoms with E-state index in [1.54, 1.807) is 0 Å². The molecule has 1 aromatic carbocycles. The van der Waals surface area contributed by atoms with Crippen LogP contribution in [0.1, 0.15) is 23.5 Å². The molecule has 1 heterocycles. The molecule has 96 valence electrons. The van der Waals surface area contributed by atoms with Crippen molar-refractivity contribution in [3.8, 4) is 0 Å². The van der Waals surface area contributed by atoms with Gasteiger partial charge in [0.1, 0.15) is 6.04 Å². The first-order valence-electron chi connectivity index (χ1n) is 5.78. The lowest BCUT2D eigenvalue weighted by molar-refractivity contribution is -0.141. The van der Waals surface area contributed by atoms with Crippen LogP contribution in [0.25, 0.3) is 0 Å². The van der Waals surface area contributed by atoms with E-state index in [1.165, 1.54) is 0 Å². The fourth-order valence-electron chi connectivity index (χ4n) is 2.45. The number of amides is 1. The number of likely N-dealkylation sites (tertiary alicyclic amines) is 1. The van der Waals surface area contributed by atoms with Crippen LogP contribution in [-0.2, 0) is 4.79 Å². The van der Waals surface area contributed by atoms with Gasteiger partial charge in [0.2, 0.25) is 0 Å². The fraction of sp³-hybridized carbons (Fsp3) is 0.385. The van der Waals surface area contributed by atoms with Gasteiger partial charge in [-0.15, -0.1) is 0 Å². The Kier molecular flexibility index (Phi) is 3.23. The van der Waals surface area contributed by atoms with Crippen LogP contribution in [0, 0.1) is 6.92 Å². The van der Waals surface area contributed by atoms with E-state index in [2.05, 4.69) is 0 Å². The van der Waals surface area contributed by atoms with E-state index in [1.807, 2.05) is 31.2 Å². The summed E-state index contributed by atoms with van der Waals surface area (Å²) in [6.45, 7) is 2.21. The number of carboxylic acids is 1. The number of aryl methyl sites for hydroxylation is 1. The summed E-state index contributed by atoms with van der Waals surface area (Å²) in [4.78, 5) is 23.1. The zero-order valence-corrected chi connectivity index (χ0v) is 10.0. The highest BCUT2D eigenvalue weighted by Crippen LogP contribution is 2.32. The number of hydrogen-bond donors (Lipinski definition) is 2. The number of nitrogens with zero attached hydrogens (tertiary/aromatic N) is 1. The molecule has 0 aromatic heterocycles. The number of carboxylic acid groups (broad SMARTS) is 2. The maximum absolute atomic E-state index is 11.1. The largest absolute Gasteiger partial charge is 0.480 e. The lowest BCUT2D eigenvalue weighted by Gasteiger charge is -2.16. The maximum atomic E-state index is 11.1. The SMILES string of the molecule is Cc1cccc([C@H]2C[C@@H](C(=O)O)N(C(=O)O)C2)c1. The van der Waals surface area contributed by atoms with Crippen LogP contribution < -0.4 is 0 Å². The molecular formula is C13H15NO4. The zero-order chi connectivity index (χ0) is 13.3. The van der Waals surface area contributed by atoms with Crippen molar-refractivity contribution in [1.82, 2.24) is 4.90 Å². The van der Waals surface area contributed by atoms with E-state index in [4.69, 9.17) is 10.2 Å². The first-order valence-corrected chi connectivity index (χ1v) is 5.78. The number of carbonyl (C=O) groups is 2. The molecule has 0 unspecified atom stereocenters. The summed E-state index contributed by atoms with van der Waals surface area (Å²) in [5.41, 5.74) is 2.10. The smallest absolute Gasteiger partial charge is 0.408 e. The monoisotopic (exact) mass is 249 g/mol. The normalized spacial score (nSPS) is 23.1. The topological polar surface area (TPSA) is 77.8 Å². The predicted molar refractivity (Wildman–Crippen MR) is 64.7 cm³/mol. The Balaban J connectivity index is 2.23. The molecular weight excluding hydrogens is 234 g/mol. The van der Waals surface area contributed by atoms with Crippen LogP contribution in [0.2, 0.25) is 0 Å². The number of aliphatic carboxylic acids is 1. The molecule has 18 heavy (non-hydrogen) atoms. The minimum Gasteiger partial charge on any atom is -0.480 e. The first-order chi connectivity index (χ1) is 8.49. The lowest BCUT2D eigenvalue weighted by Crippen LogP contribution is -2.39. The molecule has 5 nitrogen and oxygen atoms in total. The Morgan fingerprint density at radius 1 is 1.33 bits per heavy atom. The molecule has 0 saturated carbocycles. The van der Waals surface area contributed by atoms with E-state index < -0.39 is 18.1 Å². The van der Waals surface area contributed by atoms with E-state index in [-0.39, 0.29) is 12.5 Å². The molecule has 0 aliphatic carbocycles. The summed E-state index contributed by atoms with van der Waals surface area (Å²) >= 11 is 0. The summed E-state index contributed by atoms with van der Waals surface area (Å²) in [5.74, 6) is -1.12. The third-order valence-electron chi connectivity index (χ3n) is 3.35. The van der Waals surface area contributed by atoms with E-state index in [0.717, 1.165) is 16.0 Å². The minimum absolute atomic E-state index is 0.0397. The van der Waals surface area contributed by atoms with Gasteiger partial charge in [-0.25, -0.2) is 9.59 Å². The van der Waals surface area contributed by atoms with Crippen molar-refractivity contribution in [3.63, 3.8) is 0 Å². The van der Waals surface area contributed by atoms with Gasteiger partial charge in [0.25, 0.3) is 0 Å². The van der Waals surface area contributed by atoms with E-state index in [9.17, 15) is 9.59 Å². The van der Waals surface area contributed by atoms with Crippen molar-refractivity contribution in [2.45, 2.75) is 25.3 Å². The molecule has 2 atom stereocenters. The Bertz CT molecular complexity index is 464. The predicted octanol–water partition coefficient (Wildman–Crippen LogP) is 1.92. The van der Waals surface area contributed by atoms with Gasteiger partial charge in [-0.1, -0.05) is 29.8 Å². The van der Waals surface area contributed by atoms with Gasteiger partial charge in [-0.3, -0.25) is 4.90 Å². The van der Waals surface area contributed by atoms with Crippen LogP contribution >= 0.6 is 0 Å². The molecule has 2 N–H and O–H groups in total. The molecule has 0 radical (unpaired) electrons. The van der Waals surface area contributed by atoms with Gasteiger partial charge in [0, 0.05) is 12.5 Å². The second kappa shape index (κ2) is 4.68. The first kappa shape index (κ1) is 12.4. The summed E-state index contributed by atoms with van der Waals surface area (Å²) in [6, 6.07) is 6.83. The third kappa shape index (κ3) is 2.30. The molecule has 1 amide bonds. The van der Waals surface area contributed by atoms with E-state index in [0.29, 0.717) is 6.42 Å². The molecule has 0 bridgehead atoms. The van der Waals surface area contributed by atoms with Crippen LogP contribution in [0.3, 0.4) is 0 Å². The highest BCUT2D eigenvalue weighted by atomic mass is 16.4. The maximum Gasteiger partial charge on any atom is 0.408 e. The van der Waals surface area contributed by atoms with E-state index >= 15 is 0 Å². The second-order valence-corrected chi connectivity index (χ2v) is 4.64. The van der Waals surface area contributed by atoms with Crippen molar-refractivity contribution in [2.75, 3.05) is 6.54 Å². The Labute approximate surface area is 105 Å². The third-order valence-corrected chi connectivity index (χ3v) is 3.35. The fourth-order valence-corrected chi connectivity index (χ4v) is 2.45. The van der Waals surface area contributed by atoms with Gasteiger partial charge >= 0.3 is 12.1 Å². The standard InChI is InChI=1S/C13H15NO4/c1-8-3-2-4-9(5-8)10-6-11(12(15)16)14(7-10)13(17)18/h2-5,10-11H,6-7H2,1H3,(H,15,16)(H,17,18)/t10-,11-/m0/s1. The van der Waals surface area contributed by atoms with Crippen LogP contribution in [-0.4, -0.2) is 39.8 Å². The van der Waals surface area contributed by atoms with Crippen molar-refractivity contribution >= 4 is 12.1 Å². The van der Waals surface area contributed by atoms with Crippen LogP contribution in [0.5, 0.6) is 0 Å².